The van der Waals surface area contributed by atoms with Gasteiger partial charge in [0.2, 0.25) is 0 Å². The van der Waals surface area contributed by atoms with Gasteiger partial charge in [0.15, 0.2) is 5.13 Å². The highest BCUT2D eigenvalue weighted by atomic mass is 32.1. The van der Waals surface area contributed by atoms with Crippen LogP contribution in [0.3, 0.4) is 0 Å². The summed E-state index contributed by atoms with van der Waals surface area (Å²) in [5.41, 5.74) is 5.92. The maximum Gasteiger partial charge on any atom is 0.369 e. The van der Waals surface area contributed by atoms with E-state index in [4.69, 9.17) is 25.3 Å². The Morgan fingerprint density at radius 3 is 2.05 bits per heavy atom. The van der Waals surface area contributed by atoms with E-state index in [0.717, 1.165) is 11.3 Å². The number of rotatable bonds is 5. The number of hydrogen-bond acceptors (Lipinski definition) is 6. The zero-order chi connectivity index (χ0) is 15.1. The second-order valence-corrected chi connectivity index (χ2v) is 9.05. The Labute approximate surface area is 112 Å². The van der Waals surface area contributed by atoms with Crippen LogP contribution in [0, 0.1) is 6.92 Å². The van der Waals surface area contributed by atoms with Gasteiger partial charge in [-0.3, -0.25) is 9.13 Å². The van der Waals surface area contributed by atoms with Gasteiger partial charge in [0, 0.05) is 11.3 Å². The Morgan fingerprint density at radius 2 is 1.74 bits per heavy atom. The first-order valence-electron chi connectivity index (χ1n) is 4.94. The van der Waals surface area contributed by atoms with Crippen molar-refractivity contribution in [2.45, 2.75) is 24.8 Å². The quantitative estimate of drug-likeness (QED) is 0.404. The van der Waals surface area contributed by atoms with Crippen LogP contribution in [-0.2, 0) is 15.6 Å². The molecule has 9 nitrogen and oxygen atoms in total. The van der Waals surface area contributed by atoms with Gasteiger partial charge in [0.1, 0.15) is 0 Å². The van der Waals surface area contributed by atoms with Crippen molar-refractivity contribution in [3.05, 3.63) is 10.6 Å². The summed E-state index contributed by atoms with van der Waals surface area (Å²) < 4.78 is 22.3. The third-order valence-electron chi connectivity index (χ3n) is 2.53. The highest BCUT2D eigenvalue weighted by molar-refractivity contribution is 7.72. The zero-order valence-corrected chi connectivity index (χ0v) is 12.4. The number of aliphatic hydroxyl groups is 1. The molecule has 0 aromatic carbocycles. The molecule has 110 valence electrons. The van der Waals surface area contributed by atoms with E-state index >= 15 is 0 Å². The smallest absolute Gasteiger partial charge is 0.369 e. The van der Waals surface area contributed by atoms with Gasteiger partial charge in [-0.15, -0.1) is 11.3 Å². The van der Waals surface area contributed by atoms with Crippen molar-refractivity contribution < 1.29 is 33.8 Å². The SMILES string of the molecule is Cc1nc(N)sc1CCC(O)(P(=O)(O)O)P(=O)(O)O. The summed E-state index contributed by atoms with van der Waals surface area (Å²) >= 11 is 1.03. The fraction of sp³-hybridized carbons (Fsp3) is 0.571. The highest BCUT2D eigenvalue weighted by Gasteiger charge is 2.58. The molecule has 0 bridgehead atoms. The van der Waals surface area contributed by atoms with Crippen LogP contribution in [0.25, 0.3) is 0 Å². The molecule has 0 aliphatic heterocycles. The molecule has 1 aromatic rings. The van der Waals surface area contributed by atoms with Crippen LogP contribution < -0.4 is 5.73 Å². The first-order chi connectivity index (χ1) is 8.38. The molecule has 0 unspecified atom stereocenters. The van der Waals surface area contributed by atoms with Gasteiger partial charge in [-0.1, -0.05) is 0 Å². The Balaban J connectivity index is 3.03. The molecular weight excluding hydrogens is 318 g/mol. The number of nitrogens with two attached hydrogens (primary N) is 1. The van der Waals surface area contributed by atoms with Crippen LogP contribution in [0.4, 0.5) is 5.13 Å². The molecule has 19 heavy (non-hydrogen) atoms. The Kier molecular flexibility index (Phi) is 4.61. The number of aryl methyl sites for hydroxylation is 2. The molecule has 1 rings (SSSR count). The average molecular weight is 332 g/mol. The first kappa shape index (κ1) is 16.7. The topological polar surface area (TPSA) is 174 Å². The maximum absolute atomic E-state index is 11.1. The van der Waals surface area contributed by atoms with Crippen LogP contribution in [0.5, 0.6) is 0 Å². The lowest BCUT2D eigenvalue weighted by Gasteiger charge is -2.28. The summed E-state index contributed by atoms with van der Waals surface area (Å²) in [5, 5.41) is 6.50. The molecule has 0 saturated heterocycles. The monoisotopic (exact) mass is 332 g/mol. The Morgan fingerprint density at radius 1 is 1.26 bits per heavy atom. The van der Waals surface area contributed by atoms with Crippen molar-refractivity contribution >= 4 is 31.7 Å². The number of thiazole rings is 1. The van der Waals surface area contributed by atoms with E-state index in [9.17, 15) is 14.2 Å². The number of anilines is 1. The van der Waals surface area contributed by atoms with Gasteiger partial charge in [0.05, 0.1) is 5.69 Å². The molecule has 7 N–H and O–H groups in total. The number of nitrogen functional groups attached to an aromatic ring is 1. The molecule has 0 fully saturated rings. The van der Waals surface area contributed by atoms with Crippen molar-refractivity contribution in [1.29, 1.82) is 0 Å². The van der Waals surface area contributed by atoms with E-state index in [-0.39, 0.29) is 11.6 Å². The van der Waals surface area contributed by atoms with Crippen molar-refractivity contribution in [3.8, 4) is 0 Å². The van der Waals surface area contributed by atoms with Gasteiger partial charge in [0.25, 0.3) is 5.08 Å². The van der Waals surface area contributed by atoms with Crippen LogP contribution in [0.1, 0.15) is 17.0 Å². The van der Waals surface area contributed by atoms with E-state index in [1.54, 1.807) is 6.92 Å². The molecule has 1 aromatic heterocycles. The fourth-order valence-electron chi connectivity index (χ4n) is 1.42. The van der Waals surface area contributed by atoms with Crippen molar-refractivity contribution in [2.24, 2.45) is 0 Å². The normalized spacial score (nSPS) is 13.8. The van der Waals surface area contributed by atoms with E-state index in [1.165, 1.54) is 0 Å². The summed E-state index contributed by atoms with van der Waals surface area (Å²) in [7, 11) is -10.8. The van der Waals surface area contributed by atoms with E-state index < -0.39 is 26.7 Å². The van der Waals surface area contributed by atoms with E-state index in [1.807, 2.05) is 0 Å². The lowest BCUT2D eigenvalue weighted by atomic mass is 10.2. The summed E-state index contributed by atoms with van der Waals surface area (Å²) in [6, 6.07) is 0. The molecule has 0 radical (unpaired) electrons. The summed E-state index contributed by atoms with van der Waals surface area (Å²) in [6.07, 6.45) is -0.961. The second kappa shape index (κ2) is 5.23. The van der Waals surface area contributed by atoms with Crippen LogP contribution in [-0.4, -0.2) is 34.7 Å². The molecule has 0 atom stereocenters. The Bertz CT molecular complexity index is 540. The van der Waals surface area contributed by atoms with Crippen LogP contribution in [0.15, 0.2) is 0 Å². The van der Waals surface area contributed by atoms with Gasteiger partial charge in [-0.05, 0) is 13.3 Å². The molecule has 0 aliphatic rings. The number of hydrogen-bond donors (Lipinski definition) is 6. The van der Waals surface area contributed by atoms with Gasteiger partial charge in [-0.2, -0.15) is 0 Å². The van der Waals surface area contributed by atoms with Gasteiger partial charge < -0.3 is 30.4 Å². The summed E-state index contributed by atoms with van der Waals surface area (Å²) in [4.78, 5) is 40.2. The van der Waals surface area contributed by atoms with Crippen LogP contribution in [0.2, 0.25) is 0 Å². The highest BCUT2D eigenvalue weighted by Crippen LogP contribution is 2.69. The molecule has 0 aliphatic carbocycles. The van der Waals surface area contributed by atoms with Crippen molar-refractivity contribution in [2.75, 3.05) is 5.73 Å². The van der Waals surface area contributed by atoms with Gasteiger partial charge in [-0.25, -0.2) is 4.98 Å². The fourth-order valence-corrected chi connectivity index (χ4v) is 4.42. The lowest BCUT2D eigenvalue weighted by Crippen LogP contribution is -2.29. The largest absolute Gasteiger partial charge is 0.375 e. The minimum absolute atomic E-state index is 0.159. The molecule has 0 amide bonds. The summed E-state index contributed by atoms with van der Waals surface area (Å²) in [6.45, 7) is 1.59. The molecule has 1 heterocycles. The van der Waals surface area contributed by atoms with E-state index in [0.29, 0.717) is 10.6 Å². The predicted octanol–water partition coefficient (Wildman–Crippen LogP) is -0.0322. The minimum Gasteiger partial charge on any atom is -0.375 e. The molecule has 12 heteroatoms. The Hall–Kier alpha value is -0.310. The van der Waals surface area contributed by atoms with Crippen LogP contribution >= 0.6 is 26.5 Å². The van der Waals surface area contributed by atoms with Crippen molar-refractivity contribution in [3.63, 3.8) is 0 Å². The number of aromatic nitrogens is 1. The molecular formula is C7H14N2O7P2S. The minimum atomic E-state index is -5.41. The number of nitrogens with zero attached hydrogens (tertiary/aromatic N) is 1. The molecule has 0 saturated carbocycles. The van der Waals surface area contributed by atoms with Gasteiger partial charge >= 0.3 is 15.2 Å². The third-order valence-corrected chi connectivity index (χ3v) is 7.45. The third kappa shape index (κ3) is 3.42. The predicted molar refractivity (Wildman–Crippen MR) is 68.6 cm³/mol. The summed E-state index contributed by atoms with van der Waals surface area (Å²) in [5.74, 6) is 0. The average Bonchev–Trinajstić information content (AvgIpc) is 2.50. The lowest BCUT2D eigenvalue weighted by molar-refractivity contribution is 0.123. The maximum atomic E-state index is 11.1. The first-order valence-corrected chi connectivity index (χ1v) is 8.98. The van der Waals surface area contributed by atoms with Crippen molar-refractivity contribution in [1.82, 2.24) is 4.98 Å². The second-order valence-electron chi connectivity index (χ2n) is 3.92. The molecule has 0 spiro atoms. The van der Waals surface area contributed by atoms with E-state index in [2.05, 4.69) is 4.98 Å². The standard InChI is InChI=1S/C7H14N2O7P2S/c1-4-5(19-6(8)9-4)2-3-7(10,17(11,12)13)18(14,15)16/h10H,2-3H2,1H3,(H2,8,9)(H2,11,12,13)(H2,14,15,16). The zero-order valence-electron chi connectivity index (χ0n) is 9.79.